The molecular formula is C15H19NO3. The fourth-order valence-electron chi connectivity index (χ4n) is 2.89. The van der Waals surface area contributed by atoms with Crippen LogP contribution in [0.5, 0.6) is 0 Å². The minimum Gasteiger partial charge on any atom is -0.390 e. The molecule has 102 valence electrons. The molecule has 3 rings (SSSR count). The Labute approximate surface area is 113 Å². The quantitative estimate of drug-likeness (QED) is 0.901. The summed E-state index contributed by atoms with van der Waals surface area (Å²) < 4.78 is 5.75. The number of hydrogen-bond donors (Lipinski definition) is 1. The van der Waals surface area contributed by atoms with Gasteiger partial charge < -0.3 is 14.7 Å². The maximum atomic E-state index is 11.9. The second kappa shape index (κ2) is 4.94. The highest BCUT2D eigenvalue weighted by Crippen LogP contribution is 2.25. The summed E-state index contributed by atoms with van der Waals surface area (Å²) in [5.74, 6) is 0.0813. The number of fused-ring (bicyclic) bond motifs is 1. The van der Waals surface area contributed by atoms with Crippen molar-refractivity contribution in [1.29, 1.82) is 0 Å². The summed E-state index contributed by atoms with van der Waals surface area (Å²) in [6, 6.07) is 5.93. The SMILES string of the molecule is CN1Cc2ccc(COC3CCCC3O)cc2C1=O. The summed E-state index contributed by atoms with van der Waals surface area (Å²) in [7, 11) is 1.81. The third-order valence-corrected chi connectivity index (χ3v) is 4.04. The first-order valence-corrected chi connectivity index (χ1v) is 6.82. The number of amides is 1. The van der Waals surface area contributed by atoms with E-state index in [0.717, 1.165) is 36.0 Å². The zero-order chi connectivity index (χ0) is 13.4. The Kier molecular flexibility index (Phi) is 3.29. The first kappa shape index (κ1) is 12.6. The Balaban J connectivity index is 1.68. The Morgan fingerprint density at radius 2 is 2.26 bits per heavy atom. The van der Waals surface area contributed by atoms with E-state index in [1.807, 2.05) is 25.2 Å². The molecule has 0 radical (unpaired) electrons. The average Bonchev–Trinajstić information content (AvgIpc) is 2.93. The molecule has 0 saturated heterocycles. The van der Waals surface area contributed by atoms with Gasteiger partial charge in [-0.1, -0.05) is 12.1 Å². The van der Waals surface area contributed by atoms with Crippen LogP contribution in [0.2, 0.25) is 0 Å². The van der Waals surface area contributed by atoms with E-state index in [4.69, 9.17) is 4.74 Å². The van der Waals surface area contributed by atoms with Crippen molar-refractivity contribution < 1.29 is 14.6 Å². The van der Waals surface area contributed by atoms with Crippen LogP contribution >= 0.6 is 0 Å². The highest BCUT2D eigenvalue weighted by Gasteiger charge is 2.27. The summed E-state index contributed by atoms with van der Waals surface area (Å²) in [5, 5.41) is 9.71. The van der Waals surface area contributed by atoms with Gasteiger partial charge in [-0.25, -0.2) is 0 Å². The number of aliphatic hydroxyl groups is 1. The molecule has 19 heavy (non-hydrogen) atoms. The second-order valence-electron chi connectivity index (χ2n) is 5.50. The lowest BCUT2D eigenvalue weighted by molar-refractivity contribution is -0.0273. The van der Waals surface area contributed by atoms with Crippen molar-refractivity contribution in [1.82, 2.24) is 4.90 Å². The number of carbonyl (C=O) groups is 1. The Hall–Kier alpha value is -1.39. The van der Waals surface area contributed by atoms with Crippen LogP contribution in [0, 0.1) is 0 Å². The van der Waals surface area contributed by atoms with Crippen LogP contribution in [0.1, 0.15) is 40.7 Å². The maximum absolute atomic E-state index is 11.9. The van der Waals surface area contributed by atoms with Crippen LogP contribution in [-0.2, 0) is 17.9 Å². The number of hydrogen-bond acceptors (Lipinski definition) is 3. The molecule has 4 nitrogen and oxygen atoms in total. The van der Waals surface area contributed by atoms with Crippen LogP contribution in [0.3, 0.4) is 0 Å². The van der Waals surface area contributed by atoms with E-state index >= 15 is 0 Å². The standard InChI is InChI=1S/C15H19NO3/c1-16-8-11-6-5-10(7-12(11)15(16)18)9-19-14-4-2-3-13(14)17/h5-7,13-14,17H,2-4,8-9H2,1H3. The number of benzene rings is 1. The number of nitrogens with zero attached hydrogens (tertiary/aromatic N) is 1. The molecule has 0 spiro atoms. The van der Waals surface area contributed by atoms with E-state index in [2.05, 4.69) is 0 Å². The van der Waals surface area contributed by atoms with Crippen LogP contribution in [-0.4, -0.2) is 35.2 Å². The summed E-state index contributed by atoms with van der Waals surface area (Å²) in [5.41, 5.74) is 2.87. The van der Waals surface area contributed by atoms with E-state index in [1.165, 1.54) is 0 Å². The Morgan fingerprint density at radius 3 is 3.00 bits per heavy atom. The Bertz CT molecular complexity index is 500. The van der Waals surface area contributed by atoms with Gasteiger partial charge in [-0.15, -0.1) is 0 Å². The molecule has 4 heteroatoms. The minimum atomic E-state index is -0.331. The highest BCUT2D eigenvalue weighted by atomic mass is 16.5. The van der Waals surface area contributed by atoms with Gasteiger partial charge in [0.25, 0.3) is 5.91 Å². The van der Waals surface area contributed by atoms with Gasteiger partial charge in [0.2, 0.25) is 0 Å². The van der Waals surface area contributed by atoms with Crippen molar-refractivity contribution in [2.24, 2.45) is 0 Å². The van der Waals surface area contributed by atoms with Crippen molar-refractivity contribution in [2.45, 2.75) is 44.6 Å². The van der Waals surface area contributed by atoms with Gasteiger partial charge in [0.15, 0.2) is 0 Å². The van der Waals surface area contributed by atoms with Crippen LogP contribution in [0.15, 0.2) is 18.2 Å². The molecule has 1 aliphatic heterocycles. The van der Waals surface area contributed by atoms with Crippen LogP contribution < -0.4 is 0 Å². The van der Waals surface area contributed by atoms with Crippen LogP contribution in [0.25, 0.3) is 0 Å². The molecule has 1 heterocycles. The number of ether oxygens (including phenoxy) is 1. The predicted molar refractivity (Wildman–Crippen MR) is 70.7 cm³/mol. The summed E-state index contributed by atoms with van der Waals surface area (Å²) in [6.45, 7) is 1.16. The van der Waals surface area contributed by atoms with Gasteiger partial charge >= 0.3 is 0 Å². The number of carbonyl (C=O) groups excluding carboxylic acids is 1. The largest absolute Gasteiger partial charge is 0.390 e. The van der Waals surface area contributed by atoms with Crippen molar-refractivity contribution in [3.63, 3.8) is 0 Å². The zero-order valence-electron chi connectivity index (χ0n) is 11.1. The van der Waals surface area contributed by atoms with Gasteiger partial charge in [-0.3, -0.25) is 4.79 Å². The predicted octanol–water partition coefficient (Wildman–Crippen LogP) is 1.70. The van der Waals surface area contributed by atoms with Gasteiger partial charge in [-0.05, 0) is 36.5 Å². The third-order valence-electron chi connectivity index (χ3n) is 4.04. The molecule has 1 aromatic carbocycles. The Morgan fingerprint density at radius 1 is 1.42 bits per heavy atom. The summed E-state index contributed by atoms with van der Waals surface area (Å²) in [4.78, 5) is 13.6. The van der Waals surface area contributed by atoms with Crippen molar-refractivity contribution >= 4 is 5.91 Å². The monoisotopic (exact) mass is 261 g/mol. The lowest BCUT2D eigenvalue weighted by Gasteiger charge is -2.15. The van der Waals surface area contributed by atoms with Crippen LogP contribution in [0.4, 0.5) is 0 Å². The fraction of sp³-hybridized carbons (Fsp3) is 0.533. The lowest BCUT2D eigenvalue weighted by Crippen LogP contribution is -2.22. The lowest BCUT2D eigenvalue weighted by atomic mass is 10.1. The molecule has 0 bridgehead atoms. The van der Waals surface area contributed by atoms with Gasteiger partial charge in [0, 0.05) is 19.2 Å². The summed E-state index contributed by atoms with van der Waals surface area (Å²) >= 11 is 0. The maximum Gasteiger partial charge on any atom is 0.254 e. The number of aliphatic hydroxyl groups excluding tert-OH is 1. The van der Waals surface area contributed by atoms with E-state index in [0.29, 0.717) is 13.2 Å². The molecule has 1 amide bonds. The molecule has 1 aromatic rings. The topological polar surface area (TPSA) is 49.8 Å². The molecule has 1 fully saturated rings. The molecule has 1 aliphatic carbocycles. The fourth-order valence-corrected chi connectivity index (χ4v) is 2.89. The molecule has 2 unspecified atom stereocenters. The van der Waals surface area contributed by atoms with Crippen molar-refractivity contribution in [3.8, 4) is 0 Å². The van der Waals surface area contributed by atoms with Crippen molar-refractivity contribution in [3.05, 3.63) is 34.9 Å². The second-order valence-corrected chi connectivity index (χ2v) is 5.50. The molecule has 1 saturated carbocycles. The minimum absolute atomic E-state index is 0.0494. The molecule has 2 aliphatic rings. The summed E-state index contributed by atoms with van der Waals surface area (Å²) in [6.07, 6.45) is 2.40. The van der Waals surface area contributed by atoms with Gasteiger partial charge in [0.1, 0.15) is 0 Å². The molecular weight excluding hydrogens is 242 g/mol. The zero-order valence-corrected chi connectivity index (χ0v) is 11.1. The van der Waals surface area contributed by atoms with E-state index in [-0.39, 0.29) is 18.1 Å². The average molecular weight is 261 g/mol. The smallest absolute Gasteiger partial charge is 0.254 e. The van der Waals surface area contributed by atoms with E-state index in [1.54, 1.807) is 4.90 Å². The van der Waals surface area contributed by atoms with E-state index < -0.39 is 0 Å². The van der Waals surface area contributed by atoms with E-state index in [9.17, 15) is 9.90 Å². The molecule has 1 N–H and O–H groups in total. The third kappa shape index (κ3) is 2.38. The first-order valence-electron chi connectivity index (χ1n) is 6.82. The highest BCUT2D eigenvalue weighted by molar-refractivity contribution is 5.98. The van der Waals surface area contributed by atoms with Crippen molar-refractivity contribution in [2.75, 3.05) is 7.05 Å². The molecule has 2 atom stereocenters. The van der Waals surface area contributed by atoms with Gasteiger partial charge in [-0.2, -0.15) is 0 Å². The molecule has 0 aromatic heterocycles. The first-order chi connectivity index (χ1) is 9.15. The van der Waals surface area contributed by atoms with Gasteiger partial charge in [0.05, 0.1) is 18.8 Å². The number of rotatable bonds is 3. The normalized spacial score (nSPS) is 26.0.